The van der Waals surface area contributed by atoms with E-state index in [0.717, 1.165) is 17.8 Å². The van der Waals surface area contributed by atoms with Crippen LogP contribution in [0, 0.1) is 19.8 Å². The molecule has 0 fully saturated rings. The van der Waals surface area contributed by atoms with E-state index in [1.807, 2.05) is 25.5 Å². The van der Waals surface area contributed by atoms with Crippen molar-refractivity contribution in [3.63, 3.8) is 0 Å². The molecule has 16 heavy (non-hydrogen) atoms. The van der Waals surface area contributed by atoms with Crippen LogP contribution in [0.5, 0.6) is 0 Å². The van der Waals surface area contributed by atoms with Crippen LogP contribution in [0.4, 0.5) is 0 Å². The molecule has 5 heteroatoms. The molecule has 1 aromatic heterocycles. The van der Waals surface area contributed by atoms with Gasteiger partial charge in [0.15, 0.2) is 0 Å². The van der Waals surface area contributed by atoms with Crippen molar-refractivity contribution >= 4 is 5.91 Å². The molecule has 1 atom stereocenters. The number of hydrazine groups is 1. The maximum atomic E-state index is 11.3. The number of nitrogens with zero attached hydrogens (tertiary/aromatic N) is 2. The first-order valence-electron chi connectivity index (χ1n) is 5.54. The second-order valence-electron chi connectivity index (χ2n) is 4.09. The van der Waals surface area contributed by atoms with Gasteiger partial charge in [-0.05, 0) is 25.8 Å². The van der Waals surface area contributed by atoms with Gasteiger partial charge in [-0.1, -0.05) is 13.8 Å². The summed E-state index contributed by atoms with van der Waals surface area (Å²) in [6.07, 6.45) is 0.967. The number of hydrogen-bond acceptors (Lipinski definition) is 3. The van der Waals surface area contributed by atoms with Gasteiger partial charge in [-0.2, -0.15) is 5.10 Å². The first-order chi connectivity index (χ1) is 7.51. The van der Waals surface area contributed by atoms with Crippen molar-refractivity contribution in [3.8, 4) is 0 Å². The molecular weight excluding hydrogens is 204 g/mol. The highest BCUT2D eigenvalue weighted by atomic mass is 16.2. The van der Waals surface area contributed by atoms with E-state index in [1.54, 1.807) is 0 Å². The molecule has 90 valence electrons. The van der Waals surface area contributed by atoms with Gasteiger partial charge in [-0.25, -0.2) is 5.84 Å². The lowest BCUT2D eigenvalue weighted by atomic mass is 10.1. The topological polar surface area (TPSA) is 72.9 Å². The van der Waals surface area contributed by atoms with Gasteiger partial charge < -0.3 is 0 Å². The first kappa shape index (κ1) is 12.7. The van der Waals surface area contributed by atoms with Gasteiger partial charge in [0, 0.05) is 5.69 Å². The lowest BCUT2D eigenvalue weighted by molar-refractivity contribution is -0.125. The lowest BCUT2D eigenvalue weighted by Gasteiger charge is -2.11. The molecule has 0 aromatic carbocycles. The third-order valence-corrected chi connectivity index (χ3v) is 2.92. The number of rotatable bonds is 4. The summed E-state index contributed by atoms with van der Waals surface area (Å²) in [6, 6.07) is 0. The summed E-state index contributed by atoms with van der Waals surface area (Å²) < 4.78 is 1.88. The van der Waals surface area contributed by atoms with E-state index in [-0.39, 0.29) is 11.8 Å². The predicted octanol–water partition coefficient (Wildman–Crippen LogP) is 0.688. The van der Waals surface area contributed by atoms with Crippen LogP contribution in [0.25, 0.3) is 0 Å². The molecule has 1 unspecified atom stereocenters. The summed E-state index contributed by atoms with van der Waals surface area (Å²) >= 11 is 0. The van der Waals surface area contributed by atoms with Gasteiger partial charge in [0.25, 0.3) is 0 Å². The third-order valence-electron chi connectivity index (χ3n) is 2.92. The summed E-state index contributed by atoms with van der Waals surface area (Å²) in [4.78, 5) is 11.3. The summed E-state index contributed by atoms with van der Waals surface area (Å²) in [6.45, 7) is 8.54. The first-order valence-corrected chi connectivity index (χ1v) is 5.54. The standard InChI is InChI=1S/C11H20N4O/c1-5-10-8(3)14-15(9(10)4)6-7(2)11(16)13-12/h7H,5-6,12H2,1-4H3,(H,13,16). The highest BCUT2D eigenvalue weighted by molar-refractivity contribution is 5.77. The predicted molar refractivity (Wildman–Crippen MR) is 62.6 cm³/mol. The quantitative estimate of drug-likeness (QED) is 0.449. The minimum atomic E-state index is -0.173. The van der Waals surface area contributed by atoms with Crippen LogP contribution in [-0.2, 0) is 17.8 Å². The summed E-state index contributed by atoms with van der Waals surface area (Å²) in [5.74, 6) is 4.76. The Hall–Kier alpha value is -1.36. The van der Waals surface area contributed by atoms with Crippen LogP contribution in [0.2, 0.25) is 0 Å². The van der Waals surface area contributed by atoms with Crippen LogP contribution in [0.3, 0.4) is 0 Å². The molecule has 1 aromatic rings. The Morgan fingerprint density at radius 3 is 2.62 bits per heavy atom. The van der Waals surface area contributed by atoms with Gasteiger partial charge in [0.1, 0.15) is 0 Å². The molecule has 5 nitrogen and oxygen atoms in total. The van der Waals surface area contributed by atoms with Gasteiger partial charge in [-0.15, -0.1) is 0 Å². The molecule has 0 aliphatic heterocycles. The van der Waals surface area contributed by atoms with E-state index in [0.29, 0.717) is 6.54 Å². The Bertz CT molecular complexity index is 384. The molecule has 0 saturated heterocycles. The summed E-state index contributed by atoms with van der Waals surface area (Å²) in [5.41, 5.74) is 5.60. The smallest absolute Gasteiger partial charge is 0.238 e. The Balaban J connectivity index is 2.86. The normalized spacial score (nSPS) is 12.6. The fourth-order valence-corrected chi connectivity index (χ4v) is 1.91. The number of carbonyl (C=O) groups is 1. The van der Waals surface area contributed by atoms with Crippen molar-refractivity contribution in [2.24, 2.45) is 11.8 Å². The largest absolute Gasteiger partial charge is 0.294 e. The molecule has 0 bridgehead atoms. The average Bonchev–Trinajstić information content (AvgIpc) is 2.52. The van der Waals surface area contributed by atoms with E-state index >= 15 is 0 Å². The molecule has 0 saturated carbocycles. The second-order valence-corrected chi connectivity index (χ2v) is 4.09. The molecule has 1 amide bonds. The van der Waals surface area contributed by atoms with Crippen molar-refractivity contribution in [1.29, 1.82) is 0 Å². The van der Waals surface area contributed by atoms with Crippen LogP contribution < -0.4 is 11.3 Å². The molecule has 0 spiro atoms. The van der Waals surface area contributed by atoms with E-state index in [1.165, 1.54) is 5.56 Å². The maximum absolute atomic E-state index is 11.3. The van der Waals surface area contributed by atoms with E-state index < -0.39 is 0 Å². The molecule has 1 rings (SSSR count). The number of amides is 1. The zero-order valence-electron chi connectivity index (χ0n) is 10.4. The summed E-state index contributed by atoms with van der Waals surface area (Å²) in [5, 5.41) is 4.43. The second kappa shape index (κ2) is 5.12. The zero-order valence-corrected chi connectivity index (χ0v) is 10.4. The van der Waals surface area contributed by atoms with Gasteiger partial charge in [0.05, 0.1) is 18.2 Å². The average molecular weight is 224 g/mol. The summed E-state index contributed by atoms with van der Waals surface area (Å²) in [7, 11) is 0. The molecule has 0 radical (unpaired) electrons. The molecule has 1 heterocycles. The van der Waals surface area contributed by atoms with Crippen LogP contribution in [-0.4, -0.2) is 15.7 Å². The Kier molecular flexibility index (Phi) is 4.06. The highest BCUT2D eigenvalue weighted by Crippen LogP contribution is 2.14. The Morgan fingerprint density at radius 1 is 1.56 bits per heavy atom. The number of nitrogens with two attached hydrogens (primary N) is 1. The number of hydrogen-bond donors (Lipinski definition) is 2. The van der Waals surface area contributed by atoms with E-state index in [2.05, 4.69) is 17.4 Å². The van der Waals surface area contributed by atoms with Crippen molar-refractivity contribution in [2.75, 3.05) is 0 Å². The minimum absolute atomic E-state index is 0.161. The number of aromatic nitrogens is 2. The highest BCUT2D eigenvalue weighted by Gasteiger charge is 2.16. The fraction of sp³-hybridized carbons (Fsp3) is 0.636. The maximum Gasteiger partial charge on any atom is 0.238 e. The SMILES string of the molecule is CCc1c(C)nn(CC(C)C(=O)NN)c1C. The molecular formula is C11H20N4O. The van der Waals surface area contributed by atoms with E-state index in [9.17, 15) is 4.79 Å². The van der Waals surface area contributed by atoms with Gasteiger partial charge >= 0.3 is 0 Å². The van der Waals surface area contributed by atoms with Gasteiger partial charge in [-0.3, -0.25) is 14.9 Å². The van der Waals surface area contributed by atoms with Gasteiger partial charge in [0.2, 0.25) is 5.91 Å². The lowest BCUT2D eigenvalue weighted by Crippen LogP contribution is -2.36. The minimum Gasteiger partial charge on any atom is -0.294 e. The Labute approximate surface area is 96.0 Å². The molecule has 0 aliphatic rings. The zero-order chi connectivity index (χ0) is 12.3. The van der Waals surface area contributed by atoms with Crippen molar-refractivity contribution in [3.05, 3.63) is 17.0 Å². The number of aryl methyl sites for hydroxylation is 1. The van der Waals surface area contributed by atoms with Crippen LogP contribution in [0.1, 0.15) is 30.8 Å². The number of carbonyl (C=O) groups excluding carboxylic acids is 1. The monoisotopic (exact) mass is 224 g/mol. The third kappa shape index (κ3) is 2.41. The van der Waals surface area contributed by atoms with Crippen LogP contribution >= 0.6 is 0 Å². The van der Waals surface area contributed by atoms with E-state index in [4.69, 9.17) is 5.84 Å². The van der Waals surface area contributed by atoms with Crippen LogP contribution in [0.15, 0.2) is 0 Å². The molecule has 3 N–H and O–H groups in total. The van der Waals surface area contributed by atoms with Crippen molar-refractivity contribution < 1.29 is 4.79 Å². The van der Waals surface area contributed by atoms with Crippen molar-refractivity contribution in [2.45, 2.75) is 40.7 Å². The fourth-order valence-electron chi connectivity index (χ4n) is 1.91. The molecule has 0 aliphatic carbocycles. The Morgan fingerprint density at radius 2 is 2.19 bits per heavy atom. The van der Waals surface area contributed by atoms with Crippen molar-refractivity contribution in [1.82, 2.24) is 15.2 Å². The number of nitrogens with one attached hydrogen (secondary N) is 1.